The van der Waals surface area contributed by atoms with Gasteiger partial charge in [-0.2, -0.15) is 0 Å². The first kappa shape index (κ1) is 12.8. The monoisotopic (exact) mass is 248 g/mol. The second-order valence-electron chi connectivity index (χ2n) is 4.46. The van der Waals surface area contributed by atoms with Gasteiger partial charge in [0.2, 0.25) is 0 Å². The highest BCUT2D eigenvalue weighted by Gasteiger charge is 2.32. The molecule has 1 aliphatic rings. The van der Waals surface area contributed by atoms with Crippen LogP contribution in [-0.2, 0) is 0 Å². The lowest BCUT2D eigenvalue weighted by molar-refractivity contribution is 0.104. The summed E-state index contributed by atoms with van der Waals surface area (Å²) in [6, 6.07) is 5.61. The number of rotatable bonds is 0. The van der Waals surface area contributed by atoms with E-state index in [1.54, 1.807) is 13.0 Å². The maximum atomic E-state index is 12.3. The molecule has 0 heterocycles. The van der Waals surface area contributed by atoms with Gasteiger partial charge in [-0.3, -0.25) is 4.79 Å². The van der Waals surface area contributed by atoms with Crippen molar-refractivity contribution in [2.24, 2.45) is 0 Å². The molecule has 1 aromatic rings. The number of ketones is 1. The van der Waals surface area contributed by atoms with Gasteiger partial charge in [0.05, 0.1) is 12.6 Å². The summed E-state index contributed by atoms with van der Waals surface area (Å²) in [7, 11) is 0. The highest BCUT2D eigenvalue weighted by molar-refractivity contribution is 6.27. The molecule has 0 fully saturated rings. The van der Waals surface area contributed by atoms with Crippen molar-refractivity contribution in [3.05, 3.63) is 63.1 Å². The zero-order chi connectivity index (χ0) is 14.2. The Bertz CT molecular complexity index is 721. The van der Waals surface area contributed by atoms with E-state index in [0.29, 0.717) is 22.3 Å². The Kier molecular flexibility index (Phi) is 3.07. The molecule has 0 saturated heterocycles. The molecule has 2 rings (SSSR count). The van der Waals surface area contributed by atoms with Crippen molar-refractivity contribution in [3.8, 4) is 6.07 Å². The third-order valence-corrected chi connectivity index (χ3v) is 3.40. The normalized spacial score (nSPS) is 17.9. The number of nitrogens with zero attached hydrogens (tertiary/aromatic N) is 2. The van der Waals surface area contributed by atoms with Crippen LogP contribution in [0.5, 0.6) is 0 Å². The van der Waals surface area contributed by atoms with Gasteiger partial charge in [0.1, 0.15) is 0 Å². The van der Waals surface area contributed by atoms with Gasteiger partial charge in [-0.1, -0.05) is 12.1 Å². The zero-order valence-corrected chi connectivity index (χ0v) is 11.0. The lowest BCUT2D eigenvalue weighted by Crippen LogP contribution is -1.96. The SMILES string of the molecule is [C-]#[N+]C(C#N)=C1/C(=C/C)C(=O)c2cc(C)c(C)cc21. The number of hydrogen-bond acceptors (Lipinski definition) is 2. The maximum Gasteiger partial charge on any atom is 0.270 e. The molecule has 0 atom stereocenters. The molecule has 0 bridgehead atoms. The van der Waals surface area contributed by atoms with Crippen LogP contribution in [0.25, 0.3) is 10.4 Å². The van der Waals surface area contributed by atoms with Crippen molar-refractivity contribution >= 4 is 11.4 Å². The fraction of sp³-hybridized carbons (Fsp3) is 0.188. The minimum Gasteiger partial charge on any atom is -0.289 e. The molecule has 0 N–H and O–H groups in total. The van der Waals surface area contributed by atoms with E-state index < -0.39 is 0 Å². The number of hydrogen-bond donors (Lipinski definition) is 0. The molecule has 0 unspecified atom stereocenters. The molecule has 3 nitrogen and oxygen atoms in total. The fourth-order valence-corrected chi connectivity index (χ4v) is 2.28. The first-order chi connectivity index (χ1) is 9.04. The summed E-state index contributed by atoms with van der Waals surface area (Å²) in [6.07, 6.45) is 1.67. The molecule has 3 heteroatoms. The summed E-state index contributed by atoms with van der Waals surface area (Å²) >= 11 is 0. The van der Waals surface area contributed by atoms with Gasteiger partial charge in [-0.25, -0.2) is 10.1 Å². The molecule has 1 aromatic carbocycles. The van der Waals surface area contributed by atoms with Crippen molar-refractivity contribution in [2.45, 2.75) is 20.8 Å². The van der Waals surface area contributed by atoms with E-state index in [1.807, 2.05) is 32.0 Å². The molecular weight excluding hydrogens is 236 g/mol. The van der Waals surface area contributed by atoms with Crippen LogP contribution in [0.1, 0.15) is 34.0 Å². The second-order valence-corrected chi connectivity index (χ2v) is 4.46. The molecule has 0 aliphatic heterocycles. The number of aryl methyl sites for hydroxylation is 2. The van der Waals surface area contributed by atoms with Crippen molar-refractivity contribution < 1.29 is 4.79 Å². The first-order valence-electron chi connectivity index (χ1n) is 5.90. The zero-order valence-electron chi connectivity index (χ0n) is 11.0. The number of Topliss-reactive ketones (excluding diaryl/α,β-unsaturated/α-hetero) is 1. The van der Waals surface area contributed by atoms with Crippen LogP contribution >= 0.6 is 0 Å². The van der Waals surface area contributed by atoms with E-state index >= 15 is 0 Å². The van der Waals surface area contributed by atoms with Crippen LogP contribution in [-0.4, -0.2) is 5.78 Å². The Balaban J connectivity index is 2.91. The number of benzene rings is 1. The predicted octanol–water partition coefficient (Wildman–Crippen LogP) is 3.60. The Morgan fingerprint density at radius 3 is 2.37 bits per heavy atom. The number of carbonyl (C=O) groups excluding carboxylic acids is 1. The van der Waals surface area contributed by atoms with Crippen LogP contribution in [0.2, 0.25) is 0 Å². The Hall–Kier alpha value is -2.65. The summed E-state index contributed by atoms with van der Waals surface area (Å²) in [6.45, 7) is 12.7. The van der Waals surface area contributed by atoms with E-state index in [-0.39, 0.29) is 11.5 Å². The van der Waals surface area contributed by atoms with Crippen LogP contribution in [0.3, 0.4) is 0 Å². The molecule has 19 heavy (non-hydrogen) atoms. The standard InChI is InChI=1S/C16H12N2O/c1-5-11-15(14(8-17)18-4)12-6-9(2)10(3)7-13(12)16(11)19/h5-7H,1-3H3/b11-5-,15-14?. The number of nitriles is 1. The highest BCUT2D eigenvalue weighted by Crippen LogP contribution is 2.40. The average molecular weight is 248 g/mol. The van der Waals surface area contributed by atoms with E-state index in [2.05, 4.69) is 4.85 Å². The summed E-state index contributed by atoms with van der Waals surface area (Å²) in [5.41, 5.74) is 4.27. The van der Waals surface area contributed by atoms with Gasteiger partial charge in [0.15, 0.2) is 5.78 Å². The topological polar surface area (TPSA) is 45.2 Å². The van der Waals surface area contributed by atoms with Gasteiger partial charge < -0.3 is 0 Å². The van der Waals surface area contributed by atoms with Crippen LogP contribution in [0.15, 0.2) is 29.5 Å². The molecule has 1 aliphatic carbocycles. The van der Waals surface area contributed by atoms with Crippen molar-refractivity contribution in [1.82, 2.24) is 0 Å². The number of carbonyl (C=O) groups is 1. The highest BCUT2D eigenvalue weighted by atomic mass is 16.1. The quantitative estimate of drug-likeness (QED) is 0.400. The molecule has 0 spiro atoms. The van der Waals surface area contributed by atoms with E-state index in [1.165, 1.54) is 0 Å². The summed E-state index contributed by atoms with van der Waals surface area (Å²) in [5.74, 6) is -0.105. The average Bonchev–Trinajstić information content (AvgIpc) is 2.65. The Labute approximate surface area is 112 Å². The second kappa shape index (κ2) is 4.55. The van der Waals surface area contributed by atoms with Crippen molar-refractivity contribution in [2.75, 3.05) is 0 Å². The van der Waals surface area contributed by atoms with Crippen LogP contribution in [0.4, 0.5) is 0 Å². The van der Waals surface area contributed by atoms with Crippen molar-refractivity contribution in [1.29, 1.82) is 5.26 Å². The minimum atomic E-state index is -0.105. The molecule has 0 amide bonds. The third kappa shape index (κ3) is 1.77. The smallest absolute Gasteiger partial charge is 0.270 e. The third-order valence-electron chi connectivity index (χ3n) is 3.40. The van der Waals surface area contributed by atoms with Gasteiger partial charge in [0, 0.05) is 16.7 Å². The number of allylic oxidation sites excluding steroid dienone is 4. The summed E-state index contributed by atoms with van der Waals surface area (Å²) in [5, 5.41) is 9.08. The Morgan fingerprint density at radius 2 is 1.89 bits per heavy atom. The fourth-order valence-electron chi connectivity index (χ4n) is 2.28. The molecule has 92 valence electrons. The van der Waals surface area contributed by atoms with Gasteiger partial charge >= 0.3 is 0 Å². The Morgan fingerprint density at radius 1 is 1.32 bits per heavy atom. The number of fused-ring (bicyclic) bond motifs is 1. The van der Waals surface area contributed by atoms with Gasteiger partial charge in [-0.05, 0) is 43.5 Å². The van der Waals surface area contributed by atoms with E-state index in [0.717, 1.165) is 11.1 Å². The molecule has 0 radical (unpaired) electrons. The summed E-state index contributed by atoms with van der Waals surface area (Å²) in [4.78, 5) is 15.6. The van der Waals surface area contributed by atoms with Gasteiger partial charge in [-0.15, -0.1) is 0 Å². The van der Waals surface area contributed by atoms with E-state index in [4.69, 9.17) is 11.8 Å². The lowest BCUT2D eigenvalue weighted by Gasteiger charge is -2.05. The first-order valence-corrected chi connectivity index (χ1v) is 5.90. The lowest BCUT2D eigenvalue weighted by atomic mass is 9.99. The minimum absolute atomic E-state index is 0.0246. The van der Waals surface area contributed by atoms with Crippen LogP contribution in [0, 0.1) is 31.8 Å². The maximum absolute atomic E-state index is 12.3. The molecular formula is C16H12N2O. The van der Waals surface area contributed by atoms with Gasteiger partial charge in [0.25, 0.3) is 5.70 Å². The van der Waals surface area contributed by atoms with Crippen molar-refractivity contribution in [3.63, 3.8) is 0 Å². The predicted molar refractivity (Wildman–Crippen MR) is 73.1 cm³/mol. The molecule has 0 aromatic heterocycles. The summed E-state index contributed by atoms with van der Waals surface area (Å²) < 4.78 is 0. The largest absolute Gasteiger partial charge is 0.289 e. The van der Waals surface area contributed by atoms with Crippen LogP contribution < -0.4 is 0 Å². The molecule has 0 saturated carbocycles. The van der Waals surface area contributed by atoms with E-state index in [9.17, 15) is 4.79 Å².